The molecule has 1 aromatic heterocycles. The maximum Gasteiger partial charge on any atom is 0.225 e. The van der Waals surface area contributed by atoms with Crippen molar-refractivity contribution in [1.29, 1.82) is 0 Å². The van der Waals surface area contributed by atoms with E-state index in [0.29, 0.717) is 12.2 Å². The minimum absolute atomic E-state index is 0.0432. The van der Waals surface area contributed by atoms with Crippen molar-refractivity contribution in [2.24, 2.45) is 0 Å². The van der Waals surface area contributed by atoms with Crippen molar-refractivity contribution in [2.75, 3.05) is 11.1 Å². The van der Waals surface area contributed by atoms with Crippen molar-refractivity contribution in [3.63, 3.8) is 0 Å². The Labute approximate surface area is 227 Å². The molecule has 5 nitrogen and oxygen atoms in total. The van der Waals surface area contributed by atoms with Crippen LogP contribution >= 0.6 is 11.8 Å². The van der Waals surface area contributed by atoms with Gasteiger partial charge < -0.3 is 15.0 Å². The molecule has 5 rings (SSSR count). The number of aromatic amines is 1. The lowest BCUT2D eigenvalue weighted by Crippen LogP contribution is -2.12. The van der Waals surface area contributed by atoms with Crippen LogP contribution in [0.3, 0.4) is 0 Å². The minimum atomic E-state index is -0.0432. The van der Waals surface area contributed by atoms with E-state index < -0.39 is 0 Å². The van der Waals surface area contributed by atoms with Crippen LogP contribution in [0.4, 0.5) is 5.69 Å². The average molecular weight is 520 g/mol. The molecule has 1 heterocycles. The van der Waals surface area contributed by atoms with Crippen molar-refractivity contribution >= 4 is 23.4 Å². The van der Waals surface area contributed by atoms with Gasteiger partial charge in [-0.05, 0) is 50.2 Å². The standard InChI is InChI=1S/C32H29N3O2S/c1-22-8-12-24(13-9-22)30-31(25-14-10-23(2)11-15-25)35-32(34-30)38-21-20-29(36)33-26-16-18-28(19-17-26)37-27-6-4-3-5-7-27/h3-19H,20-21H2,1-2H3,(H,33,36)(H,34,35). The second-order valence-electron chi connectivity index (χ2n) is 9.08. The smallest absolute Gasteiger partial charge is 0.225 e. The molecule has 1 amide bonds. The van der Waals surface area contributed by atoms with E-state index >= 15 is 0 Å². The van der Waals surface area contributed by atoms with Crippen molar-refractivity contribution in [3.8, 4) is 34.0 Å². The fourth-order valence-electron chi connectivity index (χ4n) is 3.96. The molecule has 0 fully saturated rings. The lowest BCUT2D eigenvalue weighted by atomic mass is 10.0. The molecule has 0 aliphatic heterocycles. The molecule has 0 saturated carbocycles. The summed E-state index contributed by atoms with van der Waals surface area (Å²) in [5, 5.41) is 3.76. The largest absolute Gasteiger partial charge is 0.457 e. The predicted octanol–water partition coefficient (Wildman–Crippen LogP) is 8.27. The lowest BCUT2D eigenvalue weighted by Gasteiger charge is -2.08. The number of amides is 1. The minimum Gasteiger partial charge on any atom is -0.457 e. The number of nitrogens with one attached hydrogen (secondary N) is 2. The molecule has 5 aromatic rings. The fraction of sp³-hybridized carbons (Fsp3) is 0.125. The number of hydrogen-bond donors (Lipinski definition) is 2. The first-order chi connectivity index (χ1) is 18.5. The van der Waals surface area contributed by atoms with Crippen LogP contribution in [-0.4, -0.2) is 21.6 Å². The number of aromatic nitrogens is 2. The number of aryl methyl sites for hydroxylation is 2. The van der Waals surface area contributed by atoms with Gasteiger partial charge in [0.15, 0.2) is 5.16 Å². The number of rotatable bonds is 9. The second-order valence-corrected chi connectivity index (χ2v) is 10.2. The molecule has 0 aliphatic carbocycles. The van der Waals surface area contributed by atoms with E-state index in [-0.39, 0.29) is 5.91 Å². The first kappa shape index (κ1) is 25.4. The van der Waals surface area contributed by atoms with Gasteiger partial charge >= 0.3 is 0 Å². The van der Waals surface area contributed by atoms with Crippen LogP contribution in [0.2, 0.25) is 0 Å². The second kappa shape index (κ2) is 11.8. The van der Waals surface area contributed by atoms with Gasteiger partial charge in [-0.2, -0.15) is 0 Å². The summed E-state index contributed by atoms with van der Waals surface area (Å²) in [7, 11) is 0. The normalized spacial score (nSPS) is 10.8. The molecule has 38 heavy (non-hydrogen) atoms. The van der Waals surface area contributed by atoms with Gasteiger partial charge in [-0.1, -0.05) is 89.6 Å². The number of thioether (sulfide) groups is 1. The molecule has 0 saturated heterocycles. The third kappa shape index (κ3) is 6.52. The first-order valence-corrected chi connectivity index (χ1v) is 13.5. The van der Waals surface area contributed by atoms with Crippen molar-refractivity contribution in [2.45, 2.75) is 25.4 Å². The maximum atomic E-state index is 12.6. The molecule has 0 bridgehead atoms. The van der Waals surface area contributed by atoms with E-state index in [9.17, 15) is 4.79 Å². The van der Waals surface area contributed by atoms with E-state index in [1.165, 1.54) is 11.1 Å². The molecule has 0 atom stereocenters. The van der Waals surface area contributed by atoms with Crippen LogP contribution in [0.1, 0.15) is 17.5 Å². The number of anilines is 1. The Balaban J connectivity index is 1.20. The summed E-state index contributed by atoms with van der Waals surface area (Å²) >= 11 is 1.55. The monoisotopic (exact) mass is 519 g/mol. The number of ether oxygens (including phenoxy) is 1. The van der Waals surface area contributed by atoms with E-state index in [4.69, 9.17) is 9.72 Å². The number of carbonyl (C=O) groups excluding carboxylic acids is 1. The highest BCUT2D eigenvalue weighted by Gasteiger charge is 2.15. The van der Waals surface area contributed by atoms with Crippen LogP contribution in [0.5, 0.6) is 11.5 Å². The molecular weight excluding hydrogens is 490 g/mol. The zero-order valence-electron chi connectivity index (χ0n) is 21.4. The Hall–Kier alpha value is -4.29. The molecule has 2 N–H and O–H groups in total. The van der Waals surface area contributed by atoms with Gasteiger partial charge in [0, 0.05) is 29.0 Å². The number of nitrogens with zero attached hydrogens (tertiary/aromatic N) is 1. The molecule has 0 unspecified atom stereocenters. The predicted molar refractivity (Wildman–Crippen MR) is 156 cm³/mol. The van der Waals surface area contributed by atoms with Crippen LogP contribution in [-0.2, 0) is 4.79 Å². The Morgan fingerprint density at radius 2 is 1.39 bits per heavy atom. The lowest BCUT2D eigenvalue weighted by molar-refractivity contribution is -0.115. The van der Waals surface area contributed by atoms with Crippen LogP contribution in [0, 0.1) is 13.8 Å². The Morgan fingerprint density at radius 3 is 2.05 bits per heavy atom. The van der Waals surface area contributed by atoms with Crippen LogP contribution < -0.4 is 10.1 Å². The van der Waals surface area contributed by atoms with Gasteiger partial charge in [0.25, 0.3) is 0 Å². The Bertz CT molecular complexity index is 1430. The van der Waals surface area contributed by atoms with Gasteiger partial charge in [-0.25, -0.2) is 4.98 Å². The molecule has 4 aromatic carbocycles. The molecule has 0 spiro atoms. The quantitative estimate of drug-likeness (QED) is 0.192. The third-order valence-electron chi connectivity index (χ3n) is 6.03. The van der Waals surface area contributed by atoms with Crippen molar-refractivity contribution in [1.82, 2.24) is 9.97 Å². The molecular formula is C32H29N3O2S. The summed E-state index contributed by atoms with van der Waals surface area (Å²) in [6.45, 7) is 4.16. The van der Waals surface area contributed by atoms with E-state index in [2.05, 4.69) is 72.7 Å². The third-order valence-corrected chi connectivity index (χ3v) is 6.91. The number of hydrogen-bond acceptors (Lipinski definition) is 4. The van der Waals surface area contributed by atoms with Crippen LogP contribution in [0.25, 0.3) is 22.5 Å². The van der Waals surface area contributed by atoms with Gasteiger partial charge in [0.2, 0.25) is 5.91 Å². The van der Waals surface area contributed by atoms with Crippen molar-refractivity contribution in [3.05, 3.63) is 114 Å². The molecule has 0 radical (unpaired) electrons. The fourth-order valence-corrected chi connectivity index (χ4v) is 4.78. The number of benzene rings is 4. The summed E-state index contributed by atoms with van der Waals surface area (Å²) in [5.41, 5.74) is 7.21. The zero-order valence-corrected chi connectivity index (χ0v) is 22.2. The highest BCUT2D eigenvalue weighted by Crippen LogP contribution is 2.33. The summed E-state index contributed by atoms with van der Waals surface area (Å²) < 4.78 is 5.81. The summed E-state index contributed by atoms with van der Waals surface area (Å²) in [4.78, 5) is 21.0. The van der Waals surface area contributed by atoms with E-state index in [1.54, 1.807) is 11.8 Å². The molecule has 0 aliphatic rings. The summed E-state index contributed by atoms with van der Waals surface area (Å²) in [5.74, 6) is 2.06. The zero-order chi connectivity index (χ0) is 26.3. The number of imidazole rings is 1. The van der Waals surface area contributed by atoms with Gasteiger partial charge in [0.1, 0.15) is 11.5 Å². The highest BCUT2D eigenvalue weighted by molar-refractivity contribution is 7.99. The van der Waals surface area contributed by atoms with Gasteiger partial charge in [0.05, 0.1) is 11.4 Å². The maximum absolute atomic E-state index is 12.6. The molecule has 6 heteroatoms. The topological polar surface area (TPSA) is 67.0 Å². The number of H-pyrrole nitrogens is 1. The SMILES string of the molecule is Cc1ccc(-c2nc(SCCC(=O)Nc3ccc(Oc4ccccc4)cc3)[nH]c2-c2ccc(C)cc2)cc1. The average Bonchev–Trinajstić information content (AvgIpc) is 3.35. The van der Waals surface area contributed by atoms with E-state index in [1.807, 2.05) is 54.6 Å². The highest BCUT2D eigenvalue weighted by atomic mass is 32.2. The number of para-hydroxylation sites is 1. The van der Waals surface area contributed by atoms with Crippen molar-refractivity contribution < 1.29 is 9.53 Å². The van der Waals surface area contributed by atoms with Crippen LogP contribution in [0.15, 0.2) is 108 Å². The number of carbonyl (C=O) groups is 1. The van der Waals surface area contributed by atoms with Gasteiger partial charge in [-0.3, -0.25) is 4.79 Å². The summed E-state index contributed by atoms with van der Waals surface area (Å²) in [6, 6.07) is 33.8. The first-order valence-electron chi connectivity index (χ1n) is 12.5. The molecule has 190 valence electrons. The van der Waals surface area contributed by atoms with Gasteiger partial charge in [-0.15, -0.1) is 0 Å². The Morgan fingerprint density at radius 1 is 0.789 bits per heavy atom. The van der Waals surface area contributed by atoms with E-state index in [0.717, 1.165) is 44.9 Å². The Kier molecular flexibility index (Phi) is 7.90. The summed E-state index contributed by atoms with van der Waals surface area (Å²) in [6.07, 6.45) is 0.368.